The molecule has 0 aliphatic carbocycles. The first-order chi connectivity index (χ1) is 9.88. The number of sulfonamides is 1. The zero-order chi connectivity index (χ0) is 15.6. The van der Waals surface area contributed by atoms with Gasteiger partial charge in [-0.3, -0.25) is 0 Å². The van der Waals surface area contributed by atoms with Crippen molar-refractivity contribution in [1.82, 2.24) is 14.5 Å². The fourth-order valence-electron chi connectivity index (χ4n) is 2.06. The zero-order valence-corrected chi connectivity index (χ0v) is 13.2. The number of para-hydroxylation sites is 1. The van der Waals surface area contributed by atoms with Crippen molar-refractivity contribution < 1.29 is 8.42 Å². The third-order valence-electron chi connectivity index (χ3n) is 3.27. The van der Waals surface area contributed by atoms with Crippen molar-refractivity contribution in [3.05, 3.63) is 35.7 Å². The highest BCUT2D eigenvalue weighted by molar-refractivity contribution is 7.89. The molecule has 0 fully saturated rings. The fourth-order valence-corrected chi connectivity index (χ4v) is 3.38. The van der Waals surface area contributed by atoms with Crippen LogP contribution in [-0.2, 0) is 10.0 Å². The SMILES string of the molecule is CCCNS(=O)(=O)c1ccccc1-n1nc(C)c(N)c1C. The third-order valence-corrected chi connectivity index (χ3v) is 4.78. The molecule has 2 rings (SSSR count). The quantitative estimate of drug-likeness (QED) is 0.880. The Hall–Kier alpha value is -1.86. The maximum atomic E-state index is 12.4. The molecular weight excluding hydrogens is 288 g/mol. The van der Waals surface area contributed by atoms with Gasteiger partial charge in [0.1, 0.15) is 4.90 Å². The van der Waals surface area contributed by atoms with Crippen molar-refractivity contribution >= 4 is 15.7 Å². The predicted octanol–water partition coefficient (Wildman–Crippen LogP) is 1.76. The molecule has 6 nitrogen and oxygen atoms in total. The van der Waals surface area contributed by atoms with Crippen molar-refractivity contribution in [2.75, 3.05) is 12.3 Å². The molecule has 21 heavy (non-hydrogen) atoms. The molecule has 1 aromatic heterocycles. The molecule has 0 aliphatic heterocycles. The van der Waals surface area contributed by atoms with Crippen LogP contribution in [0.3, 0.4) is 0 Å². The predicted molar refractivity (Wildman–Crippen MR) is 82.9 cm³/mol. The van der Waals surface area contributed by atoms with E-state index in [4.69, 9.17) is 5.73 Å². The van der Waals surface area contributed by atoms with Crippen LogP contribution in [0.5, 0.6) is 0 Å². The summed E-state index contributed by atoms with van der Waals surface area (Å²) in [7, 11) is -3.57. The van der Waals surface area contributed by atoms with E-state index in [1.54, 1.807) is 35.9 Å². The Bertz CT molecular complexity index is 750. The van der Waals surface area contributed by atoms with Gasteiger partial charge in [0, 0.05) is 6.54 Å². The third kappa shape index (κ3) is 2.93. The van der Waals surface area contributed by atoms with Crippen LogP contribution in [-0.4, -0.2) is 24.7 Å². The number of benzene rings is 1. The summed E-state index contributed by atoms with van der Waals surface area (Å²) in [5.41, 5.74) is 8.41. The maximum Gasteiger partial charge on any atom is 0.242 e. The minimum atomic E-state index is -3.57. The Labute approximate surface area is 125 Å². The van der Waals surface area contributed by atoms with E-state index in [0.29, 0.717) is 23.6 Å². The summed E-state index contributed by atoms with van der Waals surface area (Å²) in [5, 5.41) is 4.33. The largest absolute Gasteiger partial charge is 0.396 e. The lowest BCUT2D eigenvalue weighted by Crippen LogP contribution is -2.25. The molecule has 3 N–H and O–H groups in total. The molecule has 114 valence electrons. The average molecular weight is 308 g/mol. The van der Waals surface area contributed by atoms with E-state index in [-0.39, 0.29) is 4.90 Å². The average Bonchev–Trinajstić information content (AvgIpc) is 2.73. The number of anilines is 1. The van der Waals surface area contributed by atoms with Gasteiger partial charge < -0.3 is 5.73 Å². The van der Waals surface area contributed by atoms with Gasteiger partial charge in [-0.15, -0.1) is 0 Å². The molecule has 0 amide bonds. The van der Waals surface area contributed by atoms with Crippen LogP contribution in [0.4, 0.5) is 5.69 Å². The van der Waals surface area contributed by atoms with Crippen LogP contribution >= 0.6 is 0 Å². The molecule has 1 aromatic carbocycles. The standard InChI is InChI=1S/C14H20N4O2S/c1-4-9-16-21(19,20)13-8-6-5-7-12(13)18-11(3)14(15)10(2)17-18/h5-8,16H,4,9,15H2,1-3H3. The van der Waals surface area contributed by atoms with Crippen LogP contribution in [0.1, 0.15) is 24.7 Å². The number of aromatic nitrogens is 2. The molecule has 0 aliphatic rings. The number of hydrogen-bond acceptors (Lipinski definition) is 4. The van der Waals surface area contributed by atoms with Gasteiger partial charge in [0.15, 0.2) is 0 Å². The molecule has 7 heteroatoms. The van der Waals surface area contributed by atoms with Gasteiger partial charge in [-0.05, 0) is 32.4 Å². The second-order valence-electron chi connectivity index (χ2n) is 4.86. The molecule has 0 unspecified atom stereocenters. The summed E-state index contributed by atoms with van der Waals surface area (Å²) in [6.45, 7) is 5.93. The number of nitrogens with two attached hydrogens (primary N) is 1. The van der Waals surface area contributed by atoms with Crippen molar-refractivity contribution in [2.45, 2.75) is 32.1 Å². The highest BCUT2D eigenvalue weighted by atomic mass is 32.2. The number of hydrogen-bond donors (Lipinski definition) is 2. The van der Waals surface area contributed by atoms with Gasteiger partial charge >= 0.3 is 0 Å². The van der Waals surface area contributed by atoms with E-state index in [0.717, 1.165) is 12.1 Å². The highest BCUT2D eigenvalue weighted by Crippen LogP contribution is 2.24. The van der Waals surface area contributed by atoms with Crippen LogP contribution < -0.4 is 10.5 Å². The van der Waals surface area contributed by atoms with Crippen molar-refractivity contribution in [2.24, 2.45) is 0 Å². The summed E-state index contributed by atoms with van der Waals surface area (Å²) >= 11 is 0. The first-order valence-electron chi connectivity index (χ1n) is 6.79. The van der Waals surface area contributed by atoms with E-state index in [1.807, 2.05) is 13.8 Å². The Morgan fingerprint density at radius 3 is 2.52 bits per heavy atom. The molecule has 0 spiro atoms. The van der Waals surface area contributed by atoms with Gasteiger partial charge in [-0.25, -0.2) is 17.8 Å². The Balaban J connectivity index is 2.59. The second-order valence-corrected chi connectivity index (χ2v) is 6.60. The molecule has 1 heterocycles. The molecule has 0 radical (unpaired) electrons. The summed E-state index contributed by atoms with van der Waals surface area (Å²) in [6.07, 6.45) is 0.730. The Kier molecular flexibility index (Phi) is 4.34. The molecule has 0 saturated heterocycles. The first-order valence-corrected chi connectivity index (χ1v) is 8.27. The van der Waals surface area contributed by atoms with E-state index in [1.165, 1.54) is 0 Å². The normalized spacial score (nSPS) is 11.8. The van der Waals surface area contributed by atoms with Gasteiger partial charge in [-0.2, -0.15) is 5.10 Å². The summed E-state index contributed by atoms with van der Waals surface area (Å²) < 4.78 is 29.0. The molecule has 2 aromatic rings. The molecule has 0 atom stereocenters. The number of nitrogens with zero attached hydrogens (tertiary/aromatic N) is 2. The van der Waals surface area contributed by atoms with Crippen molar-refractivity contribution in [1.29, 1.82) is 0 Å². The lowest BCUT2D eigenvalue weighted by Gasteiger charge is -2.12. The van der Waals surface area contributed by atoms with Crippen LogP contribution in [0.25, 0.3) is 5.69 Å². The van der Waals surface area contributed by atoms with Gasteiger partial charge in [0.2, 0.25) is 10.0 Å². The minimum Gasteiger partial charge on any atom is -0.396 e. The summed E-state index contributed by atoms with van der Waals surface area (Å²) in [5.74, 6) is 0. The summed E-state index contributed by atoms with van der Waals surface area (Å²) in [6, 6.07) is 6.76. The number of aryl methyl sites for hydroxylation is 1. The minimum absolute atomic E-state index is 0.198. The monoisotopic (exact) mass is 308 g/mol. The topological polar surface area (TPSA) is 90.0 Å². The number of nitrogens with one attached hydrogen (secondary N) is 1. The van der Waals surface area contributed by atoms with Crippen LogP contribution in [0, 0.1) is 13.8 Å². The number of nitrogen functional groups attached to an aromatic ring is 1. The zero-order valence-electron chi connectivity index (χ0n) is 12.4. The van der Waals surface area contributed by atoms with Crippen LogP contribution in [0.15, 0.2) is 29.2 Å². The maximum absolute atomic E-state index is 12.4. The van der Waals surface area contributed by atoms with Gasteiger partial charge in [0.05, 0.1) is 22.8 Å². The molecular formula is C14H20N4O2S. The fraction of sp³-hybridized carbons (Fsp3) is 0.357. The van der Waals surface area contributed by atoms with Crippen molar-refractivity contribution in [3.8, 4) is 5.69 Å². The Morgan fingerprint density at radius 2 is 1.95 bits per heavy atom. The smallest absolute Gasteiger partial charge is 0.242 e. The lowest BCUT2D eigenvalue weighted by molar-refractivity contribution is 0.579. The Morgan fingerprint density at radius 1 is 1.29 bits per heavy atom. The second kappa shape index (κ2) is 5.87. The van der Waals surface area contributed by atoms with Gasteiger partial charge in [-0.1, -0.05) is 19.1 Å². The van der Waals surface area contributed by atoms with E-state index in [9.17, 15) is 8.42 Å². The number of rotatable bonds is 5. The van der Waals surface area contributed by atoms with Gasteiger partial charge in [0.25, 0.3) is 0 Å². The highest BCUT2D eigenvalue weighted by Gasteiger charge is 2.21. The van der Waals surface area contributed by atoms with E-state index in [2.05, 4.69) is 9.82 Å². The summed E-state index contributed by atoms with van der Waals surface area (Å²) in [4.78, 5) is 0.198. The van der Waals surface area contributed by atoms with Crippen molar-refractivity contribution in [3.63, 3.8) is 0 Å². The lowest BCUT2D eigenvalue weighted by atomic mass is 10.3. The first kappa shape index (κ1) is 15.5. The molecule has 0 saturated carbocycles. The van der Waals surface area contributed by atoms with E-state index >= 15 is 0 Å². The van der Waals surface area contributed by atoms with E-state index < -0.39 is 10.0 Å². The molecule has 0 bridgehead atoms. The van der Waals surface area contributed by atoms with Crippen LogP contribution in [0.2, 0.25) is 0 Å².